The SMILES string of the molecule is CCC(c1ccc(C#N)cc1)N1CCN(c2ccc(Cl)cc2Cl)[C@H](c2ccc(Cl)cc2)C1. The van der Waals surface area contributed by atoms with Crippen LogP contribution in [0.5, 0.6) is 0 Å². The lowest BCUT2D eigenvalue weighted by Gasteiger charge is -2.46. The molecular formula is C26H24Cl3N3. The van der Waals surface area contributed by atoms with E-state index >= 15 is 0 Å². The number of halogens is 3. The van der Waals surface area contributed by atoms with Crippen molar-refractivity contribution in [1.29, 1.82) is 5.26 Å². The van der Waals surface area contributed by atoms with E-state index in [0.29, 0.717) is 15.6 Å². The topological polar surface area (TPSA) is 30.3 Å². The molecule has 1 heterocycles. The fraction of sp³-hybridized carbons (Fsp3) is 0.269. The minimum Gasteiger partial charge on any atom is -0.361 e. The molecular weight excluding hydrogens is 461 g/mol. The van der Waals surface area contributed by atoms with E-state index in [2.05, 4.69) is 47.1 Å². The van der Waals surface area contributed by atoms with Gasteiger partial charge in [0.15, 0.2) is 0 Å². The number of nitriles is 1. The van der Waals surface area contributed by atoms with Gasteiger partial charge in [-0.3, -0.25) is 4.90 Å². The number of benzene rings is 3. The molecule has 0 aromatic heterocycles. The van der Waals surface area contributed by atoms with E-state index < -0.39 is 0 Å². The molecule has 32 heavy (non-hydrogen) atoms. The summed E-state index contributed by atoms with van der Waals surface area (Å²) in [5.41, 5.74) is 4.10. The molecule has 0 saturated carbocycles. The molecule has 2 atom stereocenters. The van der Waals surface area contributed by atoms with Crippen molar-refractivity contribution in [1.82, 2.24) is 4.90 Å². The third-order valence-corrected chi connectivity index (χ3v) is 6.93. The van der Waals surface area contributed by atoms with Crippen LogP contribution in [0, 0.1) is 11.3 Å². The summed E-state index contributed by atoms with van der Waals surface area (Å²) in [6.45, 7) is 4.80. The first-order valence-corrected chi connectivity index (χ1v) is 11.8. The number of rotatable bonds is 5. The predicted octanol–water partition coefficient (Wildman–Crippen LogP) is 7.53. The van der Waals surface area contributed by atoms with Gasteiger partial charge < -0.3 is 4.90 Å². The van der Waals surface area contributed by atoms with Crippen LogP contribution in [0.15, 0.2) is 66.7 Å². The van der Waals surface area contributed by atoms with Crippen molar-refractivity contribution >= 4 is 40.5 Å². The van der Waals surface area contributed by atoms with Gasteiger partial charge in [-0.15, -0.1) is 0 Å². The molecule has 0 aliphatic carbocycles. The molecule has 1 aliphatic rings. The summed E-state index contributed by atoms with van der Waals surface area (Å²) < 4.78 is 0. The Hall–Kier alpha value is -2.22. The van der Waals surface area contributed by atoms with Crippen molar-refractivity contribution in [3.05, 3.63) is 98.5 Å². The van der Waals surface area contributed by atoms with Crippen LogP contribution in [0.25, 0.3) is 0 Å². The van der Waals surface area contributed by atoms with Crippen molar-refractivity contribution < 1.29 is 0 Å². The van der Waals surface area contributed by atoms with E-state index in [1.807, 2.05) is 36.4 Å². The zero-order valence-corrected chi connectivity index (χ0v) is 20.1. The van der Waals surface area contributed by atoms with E-state index in [0.717, 1.165) is 36.8 Å². The summed E-state index contributed by atoms with van der Waals surface area (Å²) in [6, 6.07) is 24.3. The van der Waals surface area contributed by atoms with Gasteiger partial charge >= 0.3 is 0 Å². The van der Waals surface area contributed by atoms with E-state index in [-0.39, 0.29) is 12.1 Å². The summed E-state index contributed by atoms with van der Waals surface area (Å²) in [4.78, 5) is 4.89. The van der Waals surface area contributed by atoms with Gasteiger partial charge in [-0.05, 0) is 60.0 Å². The highest BCUT2D eigenvalue weighted by molar-refractivity contribution is 6.36. The number of nitrogens with zero attached hydrogens (tertiary/aromatic N) is 3. The quantitative estimate of drug-likeness (QED) is 0.375. The standard InChI is InChI=1S/C26H24Cl3N3/c1-2-24(19-5-3-18(16-30)4-6-19)31-13-14-32(25-12-11-22(28)15-23(25)29)26(17-31)20-7-9-21(27)10-8-20/h3-12,15,24,26H,2,13-14,17H2,1H3/t24?,26-/m0/s1. The van der Waals surface area contributed by atoms with Crippen LogP contribution in [-0.4, -0.2) is 24.5 Å². The van der Waals surface area contributed by atoms with Crippen LogP contribution in [0.2, 0.25) is 15.1 Å². The molecule has 3 aromatic rings. The van der Waals surface area contributed by atoms with Crippen LogP contribution in [0.1, 0.15) is 42.1 Å². The van der Waals surface area contributed by atoms with Gasteiger partial charge in [-0.1, -0.05) is 66.0 Å². The summed E-state index contributed by atoms with van der Waals surface area (Å²) in [7, 11) is 0. The minimum atomic E-state index is 0.118. The molecule has 1 saturated heterocycles. The molecule has 3 nitrogen and oxygen atoms in total. The number of anilines is 1. The number of piperazine rings is 1. The molecule has 0 spiro atoms. The first kappa shape index (κ1) is 23.0. The Morgan fingerprint density at radius 2 is 1.62 bits per heavy atom. The van der Waals surface area contributed by atoms with Crippen molar-refractivity contribution in [2.45, 2.75) is 25.4 Å². The summed E-state index contributed by atoms with van der Waals surface area (Å²) in [5, 5.41) is 11.1. The summed E-state index contributed by atoms with van der Waals surface area (Å²) in [5.74, 6) is 0. The third kappa shape index (κ3) is 4.90. The van der Waals surface area contributed by atoms with Gasteiger partial charge in [-0.25, -0.2) is 0 Å². The Morgan fingerprint density at radius 3 is 2.25 bits per heavy atom. The van der Waals surface area contributed by atoms with Crippen molar-refractivity contribution in [2.75, 3.05) is 24.5 Å². The third-order valence-electron chi connectivity index (χ3n) is 6.14. The van der Waals surface area contributed by atoms with Crippen molar-refractivity contribution in [2.24, 2.45) is 0 Å². The molecule has 3 aromatic carbocycles. The normalized spacial score (nSPS) is 17.7. The second-order valence-corrected chi connectivity index (χ2v) is 9.29. The largest absolute Gasteiger partial charge is 0.361 e. The Labute approximate surface area is 204 Å². The molecule has 1 fully saturated rings. The van der Waals surface area contributed by atoms with Crippen LogP contribution in [-0.2, 0) is 0 Å². The lowest BCUT2D eigenvalue weighted by Crippen LogP contribution is -2.49. The molecule has 1 aliphatic heterocycles. The lowest BCUT2D eigenvalue weighted by atomic mass is 9.96. The van der Waals surface area contributed by atoms with Crippen LogP contribution >= 0.6 is 34.8 Å². The van der Waals surface area contributed by atoms with Gasteiger partial charge in [0, 0.05) is 35.7 Å². The fourth-order valence-corrected chi connectivity index (χ4v) is 5.19. The first-order chi connectivity index (χ1) is 15.5. The van der Waals surface area contributed by atoms with Crippen LogP contribution in [0.3, 0.4) is 0 Å². The monoisotopic (exact) mass is 483 g/mol. The van der Waals surface area contributed by atoms with E-state index in [9.17, 15) is 0 Å². The smallest absolute Gasteiger partial charge is 0.0991 e. The second-order valence-electron chi connectivity index (χ2n) is 8.01. The van der Waals surface area contributed by atoms with Crippen LogP contribution in [0.4, 0.5) is 5.69 Å². The zero-order valence-electron chi connectivity index (χ0n) is 17.8. The van der Waals surface area contributed by atoms with Gasteiger partial charge in [-0.2, -0.15) is 5.26 Å². The van der Waals surface area contributed by atoms with E-state index in [1.165, 1.54) is 11.1 Å². The molecule has 0 bridgehead atoms. The minimum absolute atomic E-state index is 0.118. The van der Waals surface area contributed by atoms with Gasteiger partial charge in [0.25, 0.3) is 0 Å². The maximum Gasteiger partial charge on any atom is 0.0991 e. The van der Waals surface area contributed by atoms with E-state index in [1.54, 1.807) is 6.07 Å². The van der Waals surface area contributed by atoms with Crippen molar-refractivity contribution in [3.63, 3.8) is 0 Å². The Kier molecular flexibility index (Phi) is 7.28. The average molecular weight is 485 g/mol. The van der Waals surface area contributed by atoms with Gasteiger partial charge in [0.2, 0.25) is 0 Å². The molecule has 1 unspecified atom stereocenters. The molecule has 6 heteroatoms. The lowest BCUT2D eigenvalue weighted by molar-refractivity contribution is 0.156. The van der Waals surface area contributed by atoms with Gasteiger partial charge in [0.05, 0.1) is 28.4 Å². The molecule has 0 radical (unpaired) electrons. The summed E-state index contributed by atoms with van der Waals surface area (Å²) >= 11 is 18.9. The number of hydrogen-bond donors (Lipinski definition) is 0. The first-order valence-electron chi connectivity index (χ1n) is 10.7. The Bertz CT molecular complexity index is 1110. The Morgan fingerprint density at radius 1 is 0.938 bits per heavy atom. The Balaban J connectivity index is 1.67. The molecule has 4 rings (SSSR count). The maximum atomic E-state index is 9.14. The maximum absolute atomic E-state index is 9.14. The average Bonchev–Trinajstić information content (AvgIpc) is 2.81. The fourth-order valence-electron chi connectivity index (χ4n) is 4.54. The summed E-state index contributed by atoms with van der Waals surface area (Å²) in [6.07, 6.45) is 0.987. The molecule has 0 N–H and O–H groups in total. The van der Waals surface area contributed by atoms with E-state index in [4.69, 9.17) is 40.1 Å². The van der Waals surface area contributed by atoms with Crippen LogP contribution < -0.4 is 4.90 Å². The highest BCUT2D eigenvalue weighted by Crippen LogP contribution is 2.39. The van der Waals surface area contributed by atoms with Crippen molar-refractivity contribution in [3.8, 4) is 6.07 Å². The highest BCUT2D eigenvalue weighted by atomic mass is 35.5. The second kappa shape index (κ2) is 10.1. The van der Waals surface area contributed by atoms with Gasteiger partial charge in [0.1, 0.15) is 0 Å². The zero-order chi connectivity index (χ0) is 22.7. The number of hydrogen-bond acceptors (Lipinski definition) is 3. The molecule has 0 amide bonds. The molecule has 164 valence electrons. The highest BCUT2D eigenvalue weighted by Gasteiger charge is 2.33. The predicted molar refractivity (Wildman–Crippen MR) is 134 cm³/mol.